The maximum Gasteiger partial charge on any atom is 0.264 e. The fourth-order valence-electron chi connectivity index (χ4n) is 4.83. The summed E-state index contributed by atoms with van der Waals surface area (Å²) in [6, 6.07) is 26.7. The zero-order valence-electron chi connectivity index (χ0n) is 24.6. The van der Waals surface area contributed by atoms with E-state index in [9.17, 15) is 22.4 Å². The van der Waals surface area contributed by atoms with Crippen molar-refractivity contribution >= 4 is 39.1 Å². The van der Waals surface area contributed by atoms with Crippen LogP contribution in [0.3, 0.4) is 0 Å². The molecule has 0 saturated heterocycles. The molecule has 230 valence electrons. The van der Waals surface area contributed by atoms with Crippen molar-refractivity contribution in [2.75, 3.05) is 17.4 Å². The highest BCUT2D eigenvalue weighted by molar-refractivity contribution is 7.92. The number of sulfonamides is 1. The minimum absolute atomic E-state index is 0.0191. The van der Waals surface area contributed by atoms with Gasteiger partial charge in [-0.3, -0.25) is 13.9 Å². The Labute approximate surface area is 263 Å². The van der Waals surface area contributed by atoms with Crippen molar-refractivity contribution in [1.29, 1.82) is 0 Å². The molecule has 4 rings (SSSR count). The van der Waals surface area contributed by atoms with Gasteiger partial charge in [0.1, 0.15) is 18.4 Å². The van der Waals surface area contributed by atoms with E-state index >= 15 is 0 Å². The summed E-state index contributed by atoms with van der Waals surface area (Å²) in [6.07, 6.45) is 0.806. The Bertz CT molecular complexity index is 1690. The van der Waals surface area contributed by atoms with E-state index in [-0.39, 0.29) is 29.1 Å². The van der Waals surface area contributed by atoms with E-state index in [1.54, 1.807) is 55.5 Å². The average Bonchev–Trinajstić information content (AvgIpc) is 3.03. The van der Waals surface area contributed by atoms with Crippen LogP contribution in [0.4, 0.5) is 10.1 Å². The molecule has 0 aliphatic heterocycles. The SMILES string of the molecule is CCCNC(=O)[C@@H](Cc1ccccc1)N(Cc1ccccc1F)C(=O)CN(c1cccc(Cl)c1C)S(=O)(=O)c1ccccc1. The molecule has 0 spiro atoms. The number of benzene rings is 4. The third-order valence-electron chi connectivity index (χ3n) is 7.24. The number of amides is 2. The topological polar surface area (TPSA) is 86.8 Å². The zero-order chi connectivity index (χ0) is 31.7. The molecule has 0 bridgehead atoms. The Hall–Kier alpha value is -4.21. The monoisotopic (exact) mass is 635 g/mol. The lowest BCUT2D eigenvalue weighted by Crippen LogP contribution is -2.53. The molecular formula is C34H35ClFN3O4S. The van der Waals surface area contributed by atoms with E-state index in [4.69, 9.17) is 11.6 Å². The van der Waals surface area contributed by atoms with Crippen LogP contribution >= 0.6 is 11.6 Å². The molecule has 0 saturated carbocycles. The Morgan fingerprint density at radius 3 is 2.18 bits per heavy atom. The van der Waals surface area contributed by atoms with Gasteiger partial charge < -0.3 is 10.2 Å². The fourth-order valence-corrected chi connectivity index (χ4v) is 6.49. The third kappa shape index (κ3) is 7.84. The van der Waals surface area contributed by atoms with Crippen LogP contribution in [-0.2, 0) is 32.6 Å². The van der Waals surface area contributed by atoms with Gasteiger partial charge in [-0.05, 0) is 54.8 Å². The van der Waals surface area contributed by atoms with Gasteiger partial charge in [-0.2, -0.15) is 0 Å². The van der Waals surface area contributed by atoms with Gasteiger partial charge in [0.05, 0.1) is 10.6 Å². The summed E-state index contributed by atoms with van der Waals surface area (Å²) in [5, 5.41) is 3.20. The molecular weight excluding hydrogens is 601 g/mol. The minimum Gasteiger partial charge on any atom is -0.354 e. The van der Waals surface area contributed by atoms with Gasteiger partial charge in [0.2, 0.25) is 11.8 Å². The van der Waals surface area contributed by atoms with E-state index in [0.29, 0.717) is 23.6 Å². The van der Waals surface area contributed by atoms with Crippen LogP contribution in [0.5, 0.6) is 0 Å². The van der Waals surface area contributed by atoms with Crippen LogP contribution < -0.4 is 9.62 Å². The van der Waals surface area contributed by atoms with Gasteiger partial charge in [0, 0.05) is 30.1 Å². The highest BCUT2D eigenvalue weighted by Gasteiger charge is 2.35. The normalized spacial score (nSPS) is 11.9. The number of carbonyl (C=O) groups excluding carboxylic acids is 2. The molecule has 0 fully saturated rings. The second-order valence-corrected chi connectivity index (χ2v) is 12.6. The highest BCUT2D eigenvalue weighted by Crippen LogP contribution is 2.31. The summed E-state index contributed by atoms with van der Waals surface area (Å²) < 4.78 is 44.1. The van der Waals surface area contributed by atoms with Gasteiger partial charge in [-0.1, -0.05) is 91.3 Å². The van der Waals surface area contributed by atoms with E-state index in [1.165, 1.54) is 29.2 Å². The Morgan fingerprint density at radius 2 is 1.52 bits per heavy atom. The quantitative estimate of drug-likeness (QED) is 0.191. The number of hydrogen-bond donors (Lipinski definition) is 1. The first-order valence-electron chi connectivity index (χ1n) is 14.3. The number of anilines is 1. The van der Waals surface area contributed by atoms with Crippen molar-refractivity contribution in [2.24, 2.45) is 0 Å². The Kier molecular flexibility index (Phi) is 11.1. The Morgan fingerprint density at radius 1 is 0.886 bits per heavy atom. The van der Waals surface area contributed by atoms with Crippen LogP contribution in [0.15, 0.2) is 108 Å². The molecule has 1 atom stereocenters. The summed E-state index contributed by atoms with van der Waals surface area (Å²) in [7, 11) is -4.27. The van der Waals surface area contributed by atoms with Gasteiger partial charge in [-0.25, -0.2) is 12.8 Å². The molecule has 0 unspecified atom stereocenters. The standard InChI is InChI=1S/C34H35ClFN3O4S/c1-3-21-37-34(41)32(22-26-13-6-4-7-14-26)38(23-27-15-10-11-19-30(27)36)33(40)24-39(31-20-12-18-29(35)25(31)2)44(42,43)28-16-8-5-9-17-28/h4-20,32H,3,21-24H2,1-2H3,(H,37,41)/t32-/m1/s1. The largest absolute Gasteiger partial charge is 0.354 e. The van der Waals surface area contributed by atoms with Crippen molar-refractivity contribution in [2.45, 2.75) is 44.2 Å². The van der Waals surface area contributed by atoms with Crippen LogP contribution in [-0.4, -0.2) is 44.3 Å². The fraction of sp³-hybridized carbons (Fsp3) is 0.235. The molecule has 2 amide bonds. The van der Waals surface area contributed by atoms with Gasteiger partial charge >= 0.3 is 0 Å². The predicted molar refractivity (Wildman–Crippen MR) is 171 cm³/mol. The minimum atomic E-state index is -4.27. The Balaban J connectivity index is 1.83. The molecule has 44 heavy (non-hydrogen) atoms. The summed E-state index contributed by atoms with van der Waals surface area (Å²) in [5.74, 6) is -1.64. The smallest absolute Gasteiger partial charge is 0.264 e. The maximum atomic E-state index is 15.0. The highest BCUT2D eigenvalue weighted by atomic mass is 35.5. The number of carbonyl (C=O) groups is 2. The van der Waals surface area contributed by atoms with Crippen molar-refractivity contribution in [3.8, 4) is 0 Å². The molecule has 0 radical (unpaired) electrons. The number of hydrogen-bond acceptors (Lipinski definition) is 4. The van der Waals surface area contributed by atoms with Gasteiger partial charge in [0.25, 0.3) is 10.0 Å². The second-order valence-electron chi connectivity index (χ2n) is 10.3. The van der Waals surface area contributed by atoms with Crippen molar-refractivity contribution < 1.29 is 22.4 Å². The van der Waals surface area contributed by atoms with Crippen LogP contribution in [0.2, 0.25) is 5.02 Å². The van der Waals surface area contributed by atoms with Crippen molar-refractivity contribution in [3.63, 3.8) is 0 Å². The van der Waals surface area contributed by atoms with E-state index in [1.807, 2.05) is 37.3 Å². The van der Waals surface area contributed by atoms with E-state index in [0.717, 1.165) is 9.87 Å². The molecule has 7 nitrogen and oxygen atoms in total. The van der Waals surface area contributed by atoms with Crippen LogP contribution in [0.25, 0.3) is 0 Å². The summed E-state index contributed by atoms with van der Waals surface area (Å²) in [6.45, 7) is 3.05. The molecule has 1 N–H and O–H groups in total. The molecule has 4 aromatic carbocycles. The molecule has 0 aliphatic rings. The molecule has 4 aromatic rings. The van der Waals surface area contributed by atoms with Crippen LogP contribution in [0.1, 0.15) is 30.0 Å². The number of halogens is 2. The predicted octanol–water partition coefficient (Wildman–Crippen LogP) is 6.15. The molecule has 10 heteroatoms. The maximum absolute atomic E-state index is 15.0. The lowest BCUT2D eigenvalue weighted by Gasteiger charge is -2.34. The van der Waals surface area contributed by atoms with Gasteiger partial charge in [-0.15, -0.1) is 0 Å². The first kappa shape index (κ1) is 32.7. The second kappa shape index (κ2) is 15.0. The lowest BCUT2D eigenvalue weighted by atomic mass is 10.0. The van der Waals surface area contributed by atoms with Crippen molar-refractivity contribution in [3.05, 3.63) is 131 Å². The first-order chi connectivity index (χ1) is 21.1. The summed E-state index contributed by atoms with van der Waals surface area (Å²) in [5.41, 5.74) is 1.66. The lowest BCUT2D eigenvalue weighted by molar-refractivity contribution is -0.140. The van der Waals surface area contributed by atoms with Crippen molar-refractivity contribution in [1.82, 2.24) is 10.2 Å². The summed E-state index contributed by atoms with van der Waals surface area (Å²) >= 11 is 6.40. The average molecular weight is 636 g/mol. The number of nitrogens with one attached hydrogen (secondary N) is 1. The van der Waals surface area contributed by atoms with Gasteiger partial charge in [0.15, 0.2) is 0 Å². The van der Waals surface area contributed by atoms with Crippen LogP contribution in [0, 0.1) is 12.7 Å². The molecule has 0 aromatic heterocycles. The number of rotatable bonds is 13. The zero-order valence-corrected chi connectivity index (χ0v) is 26.2. The van der Waals surface area contributed by atoms with E-state index in [2.05, 4.69) is 5.32 Å². The molecule has 0 aliphatic carbocycles. The third-order valence-corrected chi connectivity index (χ3v) is 9.42. The molecule has 0 heterocycles. The van der Waals surface area contributed by atoms with E-state index < -0.39 is 40.2 Å². The first-order valence-corrected chi connectivity index (χ1v) is 16.1. The summed E-state index contributed by atoms with van der Waals surface area (Å²) in [4.78, 5) is 29.3. The number of nitrogens with zero attached hydrogens (tertiary/aromatic N) is 2.